The molecule has 3 aliphatic heterocycles. The van der Waals surface area contributed by atoms with Crippen molar-refractivity contribution in [3.63, 3.8) is 0 Å². The molecule has 3 fully saturated rings. The van der Waals surface area contributed by atoms with E-state index in [1.54, 1.807) is 6.33 Å². The second kappa shape index (κ2) is 12.3. The van der Waals surface area contributed by atoms with Gasteiger partial charge in [0.25, 0.3) is 5.91 Å². The first-order valence-corrected chi connectivity index (χ1v) is 16.3. The molecule has 1 aromatic heterocycles. The molecule has 212 valence electrons. The van der Waals surface area contributed by atoms with Crippen LogP contribution in [0.4, 0.5) is 5.69 Å². The Morgan fingerprint density at radius 1 is 0.974 bits per heavy atom. The van der Waals surface area contributed by atoms with Crippen LogP contribution in [0.25, 0.3) is 0 Å². The number of amides is 1. The number of aryl methyl sites for hydroxylation is 1. The van der Waals surface area contributed by atoms with Crippen LogP contribution < -0.4 is 9.62 Å². The Bertz CT molecular complexity index is 1220. The molecule has 0 saturated carbocycles. The molecule has 4 heterocycles. The molecule has 9 nitrogen and oxygen atoms in total. The van der Waals surface area contributed by atoms with Gasteiger partial charge in [0.05, 0.1) is 6.26 Å². The number of sulfonamides is 1. The monoisotopic (exact) mass is 554 g/mol. The Hall–Kier alpha value is -2.56. The van der Waals surface area contributed by atoms with Gasteiger partial charge < -0.3 is 14.7 Å². The predicted molar refractivity (Wildman–Crippen MR) is 153 cm³/mol. The number of nitrogens with zero attached hydrogens (tertiary/aromatic N) is 5. The fourth-order valence-corrected chi connectivity index (χ4v) is 7.35. The second-order valence-electron chi connectivity index (χ2n) is 11.5. The molecule has 0 radical (unpaired) electrons. The molecule has 3 aliphatic rings. The average molecular weight is 555 g/mol. The van der Waals surface area contributed by atoms with Crippen molar-refractivity contribution in [2.24, 2.45) is 5.92 Å². The molecule has 1 amide bonds. The average Bonchev–Trinajstić information content (AvgIpc) is 3.41. The van der Waals surface area contributed by atoms with Crippen LogP contribution in [0.3, 0.4) is 0 Å². The third-order valence-electron chi connectivity index (χ3n) is 8.77. The fraction of sp³-hybridized carbons (Fsp3) is 0.621. The van der Waals surface area contributed by atoms with Crippen molar-refractivity contribution in [2.45, 2.75) is 64.0 Å². The van der Waals surface area contributed by atoms with Crippen molar-refractivity contribution in [1.82, 2.24) is 24.5 Å². The number of rotatable bonds is 8. The van der Waals surface area contributed by atoms with Crippen molar-refractivity contribution < 1.29 is 13.2 Å². The summed E-state index contributed by atoms with van der Waals surface area (Å²) in [5.74, 6) is 0.645. The third kappa shape index (κ3) is 7.15. The molecule has 0 spiro atoms. The highest BCUT2D eigenvalue weighted by Gasteiger charge is 2.32. The first-order chi connectivity index (χ1) is 18.8. The van der Waals surface area contributed by atoms with E-state index in [2.05, 4.69) is 54.8 Å². The summed E-state index contributed by atoms with van der Waals surface area (Å²) in [6.45, 7) is 7.39. The Labute approximate surface area is 233 Å². The number of hydrogen-bond donors (Lipinski definition) is 1. The number of nitrogens with one attached hydrogen (secondary N) is 1. The number of aromatic nitrogens is 2. The molecule has 10 heteroatoms. The maximum atomic E-state index is 13.4. The van der Waals surface area contributed by atoms with Crippen LogP contribution in [0.2, 0.25) is 0 Å². The Morgan fingerprint density at radius 2 is 1.69 bits per heavy atom. The Kier molecular flexibility index (Phi) is 8.83. The summed E-state index contributed by atoms with van der Waals surface area (Å²) in [7, 11) is -3.16. The summed E-state index contributed by atoms with van der Waals surface area (Å²) >= 11 is 0. The van der Waals surface area contributed by atoms with E-state index in [4.69, 9.17) is 0 Å². The third-order valence-corrected chi connectivity index (χ3v) is 9.53. The van der Waals surface area contributed by atoms with E-state index in [0.29, 0.717) is 17.7 Å². The van der Waals surface area contributed by atoms with E-state index >= 15 is 0 Å². The lowest BCUT2D eigenvalue weighted by atomic mass is 9.97. The minimum absolute atomic E-state index is 0.0155. The molecule has 3 saturated heterocycles. The molecule has 1 N–H and O–H groups in total. The van der Waals surface area contributed by atoms with E-state index in [1.165, 1.54) is 18.4 Å². The van der Waals surface area contributed by atoms with Crippen LogP contribution in [0, 0.1) is 12.8 Å². The molecular weight excluding hydrogens is 512 g/mol. The van der Waals surface area contributed by atoms with Gasteiger partial charge in [-0.2, -0.15) is 0 Å². The smallest absolute Gasteiger partial charge is 0.272 e. The van der Waals surface area contributed by atoms with Crippen LogP contribution in [0.1, 0.15) is 60.3 Å². The molecule has 0 aliphatic carbocycles. The van der Waals surface area contributed by atoms with Crippen molar-refractivity contribution in [3.8, 4) is 0 Å². The number of benzene rings is 1. The highest BCUT2D eigenvalue weighted by atomic mass is 32.2. The first kappa shape index (κ1) is 28.0. The van der Waals surface area contributed by atoms with Crippen LogP contribution in [0.5, 0.6) is 0 Å². The van der Waals surface area contributed by atoms with Crippen LogP contribution in [-0.4, -0.2) is 91.7 Å². The molecule has 1 aromatic carbocycles. The van der Waals surface area contributed by atoms with Gasteiger partial charge in [-0.3, -0.25) is 4.79 Å². The number of para-hydroxylation sites is 1. The number of carbonyl (C=O) groups is 1. The van der Waals surface area contributed by atoms with Gasteiger partial charge in [0.2, 0.25) is 10.0 Å². The van der Waals surface area contributed by atoms with E-state index in [9.17, 15) is 13.2 Å². The van der Waals surface area contributed by atoms with Crippen LogP contribution in [0.15, 0.2) is 36.7 Å². The number of piperidine rings is 2. The summed E-state index contributed by atoms with van der Waals surface area (Å²) in [6.07, 6.45) is 9.45. The van der Waals surface area contributed by atoms with Gasteiger partial charge in [0, 0.05) is 55.2 Å². The molecular formula is C29H42N6O3S. The van der Waals surface area contributed by atoms with Gasteiger partial charge >= 0.3 is 0 Å². The predicted octanol–water partition coefficient (Wildman–Crippen LogP) is 2.86. The highest BCUT2D eigenvalue weighted by molar-refractivity contribution is 7.88. The van der Waals surface area contributed by atoms with Crippen molar-refractivity contribution in [1.29, 1.82) is 0 Å². The standard InChI is InChI=1S/C29H42N6O3S/c1-22-27(9-8-23-10-15-35(20-23)25-6-4-3-5-7-25)30-21-31-28(22)29(36)34-18-13-26(14-19-34)33-16-11-24(12-17-33)32-39(2,37)38/h3-7,21,23-24,26,32H,8-20H2,1-2H3. The van der Waals surface area contributed by atoms with Crippen molar-refractivity contribution in [2.75, 3.05) is 50.4 Å². The number of carbonyl (C=O) groups excluding carboxylic acids is 1. The van der Waals surface area contributed by atoms with Gasteiger partial charge in [-0.1, -0.05) is 18.2 Å². The minimum Gasteiger partial charge on any atom is -0.371 e. The zero-order valence-corrected chi connectivity index (χ0v) is 24.1. The van der Waals surface area contributed by atoms with Crippen LogP contribution >= 0.6 is 0 Å². The van der Waals surface area contributed by atoms with E-state index < -0.39 is 10.0 Å². The number of likely N-dealkylation sites (tertiary alicyclic amines) is 2. The normalized spacial score (nSPS) is 21.9. The fourth-order valence-electron chi connectivity index (χ4n) is 6.51. The lowest BCUT2D eigenvalue weighted by Crippen LogP contribution is -2.51. The SMILES string of the molecule is Cc1c(CCC2CCN(c3ccccc3)C2)ncnc1C(=O)N1CCC(N2CCC(NS(C)(=O)=O)CC2)CC1. The Morgan fingerprint density at radius 3 is 2.38 bits per heavy atom. The summed E-state index contributed by atoms with van der Waals surface area (Å²) in [5.41, 5.74) is 3.75. The molecule has 39 heavy (non-hydrogen) atoms. The molecule has 0 bridgehead atoms. The van der Waals surface area contributed by atoms with Crippen molar-refractivity contribution in [3.05, 3.63) is 53.6 Å². The lowest BCUT2D eigenvalue weighted by molar-refractivity contribution is 0.0570. The molecule has 1 unspecified atom stereocenters. The lowest BCUT2D eigenvalue weighted by Gasteiger charge is -2.41. The molecule has 1 atom stereocenters. The van der Waals surface area contributed by atoms with Crippen LogP contribution in [-0.2, 0) is 16.4 Å². The van der Waals surface area contributed by atoms with Gasteiger partial charge in [0.1, 0.15) is 12.0 Å². The summed E-state index contributed by atoms with van der Waals surface area (Å²) < 4.78 is 25.8. The topological polar surface area (TPSA) is 98.7 Å². The first-order valence-electron chi connectivity index (χ1n) is 14.4. The summed E-state index contributed by atoms with van der Waals surface area (Å²) in [6, 6.07) is 11.1. The van der Waals surface area contributed by atoms with Gasteiger partial charge in [-0.05, 0) is 83.0 Å². The van der Waals surface area contributed by atoms with E-state index in [1.807, 2.05) is 11.8 Å². The highest BCUT2D eigenvalue weighted by Crippen LogP contribution is 2.27. The molecule has 2 aromatic rings. The summed E-state index contributed by atoms with van der Waals surface area (Å²) in [5, 5.41) is 0. The maximum Gasteiger partial charge on any atom is 0.272 e. The van der Waals surface area contributed by atoms with E-state index in [0.717, 1.165) is 89.1 Å². The van der Waals surface area contributed by atoms with Gasteiger partial charge in [-0.15, -0.1) is 0 Å². The Balaban J connectivity index is 1.10. The zero-order chi connectivity index (χ0) is 27.4. The minimum atomic E-state index is -3.16. The quantitative estimate of drug-likeness (QED) is 0.536. The maximum absolute atomic E-state index is 13.4. The largest absolute Gasteiger partial charge is 0.371 e. The zero-order valence-electron chi connectivity index (χ0n) is 23.3. The van der Waals surface area contributed by atoms with E-state index in [-0.39, 0.29) is 11.9 Å². The number of anilines is 1. The van der Waals surface area contributed by atoms with Crippen molar-refractivity contribution >= 4 is 21.6 Å². The van der Waals surface area contributed by atoms with Gasteiger partial charge in [0.15, 0.2) is 0 Å². The second-order valence-corrected chi connectivity index (χ2v) is 13.3. The molecule has 5 rings (SSSR count). The number of hydrogen-bond acceptors (Lipinski definition) is 7. The summed E-state index contributed by atoms with van der Waals surface area (Å²) in [4.78, 5) is 29.3. The van der Waals surface area contributed by atoms with Gasteiger partial charge in [-0.25, -0.2) is 23.1 Å².